The third-order valence-corrected chi connectivity index (χ3v) is 0.886. The van der Waals surface area contributed by atoms with E-state index in [0.717, 1.165) is 6.61 Å². The van der Waals surface area contributed by atoms with E-state index < -0.39 is 0 Å². The first-order valence-electron chi connectivity index (χ1n) is 2.74. The highest BCUT2D eigenvalue weighted by atomic mass is 16.6. The van der Waals surface area contributed by atoms with Gasteiger partial charge in [0.2, 0.25) is 0 Å². The largest absolute Gasteiger partial charge is 0.435 e. The zero-order valence-electron chi connectivity index (χ0n) is 5.16. The van der Waals surface area contributed by atoms with E-state index in [-0.39, 0.29) is 12.1 Å². The third kappa shape index (κ3) is 2.87. The number of epoxide rings is 1. The zero-order chi connectivity index (χ0) is 6.69. The minimum atomic E-state index is -0.299. The maximum Gasteiger partial charge on any atom is 0.307 e. The van der Waals surface area contributed by atoms with E-state index in [0.29, 0.717) is 0 Å². The highest BCUT2D eigenvalue weighted by molar-refractivity contribution is 5.66. The van der Waals surface area contributed by atoms with Gasteiger partial charge in [-0.25, -0.2) is 0 Å². The fraction of sp³-hybridized carbons (Fsp3) is 0.500. The Labute approximate surface area is 53.3 Å². The maximum absolute atomic E-state index is 10.1. The van der Waals surface area contributed by atoms with Gasteiger partial charge in [-0.3, -0.25) is 4.79 Å². The number of carbonyl (C=O) groups excluding carboxylic acids is 1. The van der Waals surface area contributed by atoms with Crippen LogP contribution in [0, 0.1) is 0 Å². The van der Waals surface area contributed by atoms with Crippen molar-refractivity contribution in [1.82, 2.24) is 0 Å². The molecule has 1 aliphatic heterocycles. The molecule has 1 saturated heterocycles. The van der Waals surface area contributed by atoms with Crippen LogP contribution < -0.4 is 0 Å². The van der Waals surface area contributed by atoms with Crippen molar-refractivity contribution in [2.24, 2.45) is 0 Å². The van der Waals surface area contributed by atoms with Crippen molar-refractivity contribution in [1.29, 1.82) is 0 Å². The highest BCUT2D eigenvalue weighted by Gasteiger charge is 2.18. The van der Waals surface area contributed by atoms with E-state index in [1.165, 1.54) is 13.2 Å². The topological polar surface area (TPSA) is 38.8 Å². The lowest BCUT2D eigenvalue weighted by molar-refractivity contribution is -0.135. The average molecular weight is 128 g/mol. The molecule has 0 aromatic heterocycles. The van der Waals surface area contributed by atoms with Crippen molar-refractivity contribution in [3.8, 4) is 0 Å². The van der Waals surface area contributed by atoms with Crippen LogP contribution >= 0.6 is 0 Å². The van der Waals surface area contributed by atoms with Gasteiger partial charge in [-0.1, -0.05) is 0 Å². The molecule has 1 heterocycles. The van der Waals surface area contributed by atoms with Gasteiger partial charge in [0.1, 0.15) is 6.10 Å². The molecule has 0 bridgehead atoms. The standard InChI is InChI=1S/C6H8O3/c1-5(7)8-3-2-6-4-9-6/h2-3,6H,4H2,1H3. The van der Waals surface area contributed by atoms with Gasteiger partial charge in [-0.15, -0.1) is 0 Å². The fourth-order valence-electron chi connectivity index (χ4n) is 0.389. The van der Waals surface area contributed by atoms with Crippen molar-refractivity contribution < 1.29 is 14.3 Å². The molecular weight excluding hydrogens is 120 g/mol. The average Bonchev–Trinajstić information content (AvgIpc) is 2.48. The fourth-order valence-corrected chi connectivity index (χ4v) is 0.389. The molecule has 1 unspecified atom stereocenters. The first-order valence-corrected chi connectivity index (χ1v) is 2.74. The van der Waals surface area contributed by atoms with Crippen LogP contribution in [0.15, 0.2) is 12.3 Å². The van der Waals surface area contributed by atoms with Gasteiger partial charge >= 0.3 is 5.97 Å². The second kappa shape index (κ2) is 2.64. The van der Waals surface area contributed by atoms with E-state index >= 15 is 0 Å². The lowest BCUT2D eigenvalue weighted by Gasteiger charge is -1.86. The Balaban J connectivity index is 2.08. The van der Waals surface area contributed by atoms with Gasteiger partial charge in [-0.05, 0) is 6.08 Å². The minimum absolute atomic E-state index is 0.185. The number of ether oxygens (including phenoxy) is 2. The molecule has 3 heteroatoms. The maximum atomic E-state index is 10.1. The summed E-state index contributed by atoms with van der Waals surface area (Å²) in [6.07, 6.45) is 3.26. The van der Waals surface area contributed by atoms with Crippen LogP contribution in [0.1, 0.15) is 6.92 Å². The first kappa shape index (κ1) is 6.29. The number of carbonyl (C=O) groups is 1. The summed E-state index contributed by atoms with van der Waals surface area (Å²) in [7, 11) is 0. The van der Waals surface area contributed by atoms with Gasteiger partial charge < -0.3 is 9.47 Å². The van der Waals surface area contributed by atoms with Crippen LogP contribution in [0.3, 0.4) is 0 Å². The van der Waals surface area contributed by atoms with Crippen molar-refractivity contribution in [3.63, 3.8) is 0 Å². The smallest absolute Gasteiger partial charge is 0.307 e. The van der Waals surface area contributed by atoms with Crippen LogP contribution in [-0.4, -0.2) is 18.7 Å². The summed E-state index contributed by atoms with van der Waals surface area (Å²) in [4.78, 5) is 10.1. The summed E-state index contributed by atoms with van der Waals surface area (Å²) in [5.74, 6) is -0.299. The van der Waals surface area contributed by atoms with Gasteiger partial charge in [0.15, 0.2) is 0 Å². The van der Waals surface area contributed by atoms with Crippen LogP contribution in [0.4, 0.5) is 0 Å². The summed E-state index contributed by atoms with van der Waals surface area (Å²) in [6, 6.07) is 0. The molecule has 1 aliphatic rings. The van der Waals surface area contributed by atoms with Gasteiger partial charge in [0.25, 0.3) is 0 Å². The summed E-state index contributed by atoms with van der Waals surface area (Å²) in [6.45, 7) is 2.11. The van der Waals surface area contributed by atoms with Crippen LogP contribution in [0.5, 0.6) is 0 Å². The van der Waals surface area contributed by atoms with E-state index in [4.69, 9.17) is 4.74 Å². The van der Waals surface area contributed by atoms with Crippen LogP contribution in [-0.2, 0) is 14.3 Å². The highest BCUT2D eigenvalue weighted by Crippen LogP contribution is 2.09. The van der Waals surface area contributed by atoms with Gasteiger partial charge in [0, 0.05) is 6.92 Å². The molecule has 0 radical (unpaired) electrons. The molecule has 3 nitrogen and oxygen atoms in total. The number of rotatable bonds is 2. The number of hydrogen-bond donors (Lipinski definition) is 0. The summed E-state index contributed by atoms with van der Waals surface area (Å²) in [5.41, 5.74) is 0. The van der Waals surface area contributed by atoms with Gasteiger partial charge in [0.05, 0.1) is 12.9 Å². The first-order chi connectivity index (χ1) is 4.29. The second-order valence-electron chi connectivity index (χ2n) is 1.81. The Bertz CT molecular complexity index is 135. The molecule has 0 amide bonds. The molecule has 0 aliphatic carbocycles. The molecular formula is C6H8O3. The Kier molecular flexibility index (Phi) is 1.85. The second-order valence-corrected chi connectivity index (χ2v) is 1.81. The molecule has 50 valence electrons. The normalized spacial score (nSPS) is 24.3. The van der Waals surface area contributed by atoms with Crippen molar-refractivity contribution in [3.05, 3.63) is 12.3 Å². The predicted molar refractivity (Wildman–Crippen MR) is 30.6 cm³/mol. The van der Waals surface area contributed by atoms with E-state index in [1.54, 1.807) is 6.08 Å². The van der Waals surface area contributed by atoms with E-state index in [1.807, 2.05) is 0 Å². The molecule has 1 rings (SSSR count). The lowest BCUT2D eigenvalue weighted by atomic mass is 10.5. The molecule has 0 aromatic rings. The monoisotopic (exact) mass is 128 g/mol. The van der Waals surface area contributed by atoms with Crippen LogP contribution in [0.2, 0.25) is 0 Å². The molecule has 1 atom stereocenters. The molecule has 1 fully saturated rings. The zero-order valence-corrected chi connectivity index (χ0v) is 5.16. The van der Waals surface area contributed by atoms with E-state index in [9.17, 15) is 4.79 Å². The summed E-state index contributed by atoms with van der Waals surface area (Å²) in [5, 5.41) is 0. The number of hydrogen-bond acceptors (Lipinski definition) is 3. The lowest BCUT2D eigenvalue weighted by Crippen LogP contribution is -1.90. The van der Waals surface area contributed by atoms with Gasteiger partial charge in [-0.2, -0.15) is 0 Å². The number of esters is 1. The Morgan fingerprint density at radius 1 is 1.89 bits per heavy atom. The quantitative estimate of drug-likeness (QED) is 0.308. The third-order valence-electron chi connectivity index (χ3n) is 0.886. The Morgan fingerprint density at radius 2 is 2.56 bits per heavy atom. The Morgan fingerprint density at radius 3 is 3.00 bits per heavy atom. The molecule has 9 heavy (non-hydrogen) atoms. The summed E-state index contributed by atoms with van der Waals surface area (Å²) >= 11 is 0. The minimum Gasteiger partial charge on any atom is -0.435 e. The SMILES string of the molecule is CC(=O)OC=CC1CO1. The van der Waals surface area contributed by atoms with Crippen molar-refractivity contribution >= 4 is 5.97 Å². The van der Waals surface area contributed by atoms with E-state index in [2.05, 4.69) is 4.74 Å². The molecule has 0 spiro atoms. The Hall–Kier alpha value is -0.830. The summed E-state index contributed by atoms with van der Waals surface area (Å²) < 4.78 is 9.31. The molecule has 0 saturated carbocycles. The molecule has 0 aromatic carbocycles. The van der Waals surface area contributed by atoms with Crippen LogP contribution in [0.25, 0.3) is 0 Å². The predicted octanol–water partition coefficient (Wildman–Crippen LogP) is 0.462. The van der Waals surface area contributed by atoms with Crippen molar-refractivity contribution in [2.45, 2.75) is 13.0 Å². The van der Waals surface area contributed by atoms with Crippen molar-refractivity contribution in [2.75, 3.05) is 6.61 Å². The molecule has 0 N–H and O–H groups in total.